The van der Waals surface area contributed by atoms with Gasteiger partial charge in [-0.25, -0.2) is 0 Å². The molecule has 0 spiro atoms. The number of hydrogen-bond acceptors (Lipinski definition) is 6. The van der Waals surface area contributed by atoms with Crippen LogP contribution in [0.5, 0.6) is 0 Å². The zero-order chi connectivity index (χ0) is 20.9. The van der Waals surface area contributed by atoms with Gasteiger partial charge in [0.2, 0.25) is 5.95 Å². The van der Waals surface area contributed by atoms with Gasteiger partial charge in [-0.05, 0) is 25.2 Å². The van der Waals surface area contributed by atoms with Crippen LogP contribution in [0.3, 0.4) is 0 Å². The van der Waals surface area contributed by atoms with Crippen LogP contribution in [-0.2, 0) is 11.3 Å². The first-order valence-electron chi connectivity index (χ1n) is 10.2. The van der Waals surface area contributed by atoms with Gasteiger partial charge in [0, 0.05) is 25.7 Å². The summed E-state index contributed by atoms with van der Waals surface area (Å²) in [6.07, 6.45) is -4.01. The van der Waals surface area contributed by atoms with E-state index in [1.54, 1.807) is 13.8 Å². The maximum Gasteiger partial charge on any atom is 0.408 e. The first-order chi connectivity index (χ1) is 13.7. The normalized spacial score (nSPS) is 28.6. The Morgan fingerprint density at radius 1 is 1.41 bits per heavy atom. The zero-order valence-electron chi connectivity index (χ0n) is 16.6. The van der Waals surface area contributed by atoms with Crippen LogP contribution in [0.25, 0.3) is 0 Å². The van der Waals surface area contributed by atoms with Gasteiger partial charge in [0.15, 0.2) is 0 Å². The Labute approximate surface area is 167 Å². The molecule has 4 rings (SSSR count). The molecule has 1 aromatic rings. The topological polar surface area (TPSA) is 70.8 Å². The van der Waals surface area contributed by atoms with Crippen LogP contribution in [0.2, 0.25) is 0 Å². The van der Waals surface area contributed by atoms with E-state index in [4.69, 9.17) is 4.74 Å². The van der Waals surface area contributed by atoms with Crippen molar-refractivity contribution in [2.24, 2.45) is 5.92 Å². The van der Waals surface area contributed by atoms with E-state index in [1.165, 1.54) is 15.5 Å². The van der Waals surface area contributed by atoms with Gasteiger partial charge in [-0.1, -0.05) is 13.8 Å². The number of anilines is 2. The highest BCUT2D eigenvalue weighted by molar-refractivity contribution is 5.49. The third-order valence-electron chi connectivity index (χ3n) is 6.37. The molecule has 2 saturated heterocycles. The summed E-state index contributed by atoms with van der Waals surface area (Å²) in [7, 11) is 0. The molecule has 7 nitrogen and oxygen atoms in total. The third-order valence-corrected chi connectivity index (χ3v) is 6.37. The summed E-state index contributed by atoms with van der Waals surface area (Å²) in [5.41, 5.74) is -0.344. The SMILES string of the molecule is CCC(O)C(C)CN1c2nc(N3CC4CC3CO4)cc(=O)n2CCC1C(F)(F)F. The minimum atomic E-state index is -4.45. The number of ether oxygens (including phenoxy) is 1. The Kier molecular flexibility index (Phi) is 5.27. The summed E-state index contributed by atoms with van der Waals surface area (Å²) in [6.45, 7) is 4.59. The van der Waals surface area contributed by atoms with Gasteiger partial charge in [0.1, 0.15) is 11.9 Å². The molecule has 0 saturated carbocycles. The van der Waals surface area contributed by atoms with Crippen molar-refractivity contribution in [3.8, 4) is 0 Å². The number of aliphatic hydroxyl groups excluding tert-OH is 1. The first-order valence-corrected chi connectivity index (χ1v) is 10.2. The maximum atomic E-state index is 13.8. The van der Waals surface area contributed by atoms with Gasteiger partial charge < -0.3 is 19.6 Å². The number of alkyl halides is 3. The van der Waals surface area contributed by atoms with Crippen LogP contribution in [-0.4, -0.2) is 64.8 Å². The summed E-state index contributed by atoms with van der Waals surface area (Å²) in [5, 5.41) is 10.1. The third kappa shape index (κ3) is 3.72. The Hall–Kier alpha value is -1.81. The Morgan fingerprint density at radius 3 is 2.76 bits per heavy atom. The molecule has 0 radical (unpaired) electrons. The van der Waals surface area contributed by atoms with Gasteiger partial charge in [0.05, 0.1) is 24.9 Å². The lowest BCUT2D eigenvalue weighted by molar-refractivity contribution is -0.153. The second-order valence-electron chi connectivity index (χ2n) is 8.35. The van der Waals surface area contributed by atoms with Crippen molar-refractivity contribution in [2.75, 3.05) is 29.5 Å². The Bertz CT molecular complexity index is 815. The standard InChI is InChI=1S/C19H27F3N4O3/c1-3-14(27)11(2)8-26-15(19(20,21)22)4-5-24-17(28)7-16(23-18(24)26)25-9-13-6-12(25)10-29-13/h7,11-15,27H,3-6,8-10H2,1-2H3. The largest absolute Gasteiger partial charge is 0.408 e. The molecule has 2 fully saturated rings. The van der Waals surface area contributed by atoms with Crippen molar-refractivity contribution in [1.82, 2.24) is 9.55 Å². The first kappa shape index (κ1) is 20.5. The number of halogens is 3. The van der Waals surface area contributed by atoms with Gasteiger partial charge in [-0.3, -0.25) is 9.36 Å². The highest BCUT2D eigenvalue weighted by Crippen LogP contribution is 2.36. The summed E-state index contributed by atoms with van der Waals surface area (Å²) in [5.74, 6) is 0.0571. The molecule has 3 aliphatic rings. The number of hydrogen-bond donors (Lipinski definition) is 1. The average Bonchev–Trinajstić information content (AvgIpc) is 3.30. The zero-order valence-corrected chi connectivity index (χ0v) is 16.6. The monoisotopic (exact) mass is 416 g/mol. The number of fused-ring (bicyclic) bond motifs is 3. The molecule has 2 bridgehead atoms. The predicted molar refractivity (Wildman–Crippen MR) is 101 cm³/mol. The van der Waals surface area contributed by atoms with E-state index in [0.29, 0.717) is 25.4 Å². The van der Waals surface area contributed by atoms with Gasteiger partial charge in [-0.2, -0.15) is 18.2 Å². The molecule has 10 heteroatoms. The molecule has 29 heavy (non-hydrogen) atoms. The molecule has 1 aromatic heterocycles. The van der Waals surface area contributed by atoms with Gasteiger partial charge in [-0.15, -0.1) is 0 Å². The van der Waals surface area contributed by atoms with E-state index >= 15 is 0 Å². The van der Waals surface area contributed by atoms with Crippen LogP contribution in [0, 0.1) is 5.92 Å². The lowest BCUT2D eigenvalue weighted by Crippen LogP contribution is -2.54. The number of aliphatic hydroxyl groups is 1. The number of morpholine rings is 1. The molecular weight excluding hydrogens is 389 g/mol. The molecule has 3 aliphatic heterocycles. The van der Waals surface area contributed by atoms with Crippen molar-refractivity contribution in [3.63, 3.8) is 0 Å². The van der Waals surface area contributed by atoms with Crippen LogP contribution in [0.15, 0.2) is 10.9 Å². The summed E-state index contributed by atoms with van der Waals surface area (Å²) >= 11 is 0. The molecule has 5 atom stereocenters. The highest BCUT2D eigenvalue weighted by atomic mass is 19.4. The summed E-state index contributed by atoms with van der Waals surface area (Å²) < 4.78 is 48.3. The second-order valence-corrected chi connectivity index (χ2v) is 8.35. The number of nitrogens with zero attached hydrogens (tertiary/aromatic N) is 4. The molecule has 4 heterocycles. The summed E-state index contributed by atoms with van der Waals surface area (Å²) in [4.78, 5) is 20.4. The van der Waals surface area contributed by atoms with Crippen LogP contribution in [0.1, 0.15) is 33.1 Å². The maximum absolute atomic E-state index is 13.8. The van der Waals surface area contributed by atoms with Crippen molar-refractivity contribution in [2.45, 2.75) is 70.1 Å². The van der Waals surface area contributed by atoms with Crippen molar-refractivity contribution in [1.29, 1.82) is 0 Å². The Morgan fingerprint density at radius 2 is 2.17 bits per heavy atom. The van der Waals surface area contributed by atoms with E-state index < -0.39 is 24.2 Å². The molecular formula is C19H27F3N4O3. The van der Waals surface area contributed by atoms with E-state index in [-0.39, 0.29) is 43.2 Å². The van der Waals surface area contributed by atoms with Gasteiger partial charge >= 0.3 is 6.18 Å². The fourth-order valence-corrected chi connectivity index (χ4v) is 4.67. The minimum Gasteiger partial charge on any atom is -0.393 e. The van der Waals surface area contributed by atoms with Crippen molar-refractivity contribution >= 4 is 11.8 Å². The lowest BCUT2D eigenvalue weighted by atomic mass is 10.00. The van der Waals surface area contributed by atoms with Crippen LogP contribution < -0.4 is 15.4 Å². The molecule has 1 N–H and O–H groups in total. The van der Waals surface area contributed by atoms with Crippen LogP contribution >= 0.6 is 0 Å². The molecule has 0 aliphatic carbocycles. The van der Waals surface area contributed by atoms with Crippen LogP contribution in [0.4, 0.5) is 24.9 Å². The van der Waals surface area contributed by atoms with E-state index in [0.717, 1.165) is 6.42 Å². The molecule has 0 aromatic carbocycles. The number of aromatic nitrogens is 2. The van der Waals surface area contributed by atoms with Crippen molar-refractivity contribution < 1.29 is 23.0 Å². The average molecular weight is 416 g/mol. The molecule has 0 amide bonds. The van der Waals surface area contributed by atoms with E-state index in [2.05, 4.69) is 4.98 Å². The van der Waals surface area contributed by atoms with E-state index in [9.17, 15) is 23.1 Å². The quantitative estimate of drug-likeness (QED) is 0.789. The molecule has 5 unspecified atom stereocenters. The van der Waals surface area contributed by atoms with E-state index in [1.807, 2.05) is 4.90 Å². The summed E-state index contributed by atoms with van der Waals surface area (Å²) in [6, 6.07) is -0.207. The molecule has 162 valence electrons. The number of rotatable bonds is 5. The smallest absolute Gasteiger partial charge is 0.393 e. The fourth-order valence-electron chi connectivity index (χ4n) is 4.67. The predicted octanol–water partition coefficient (Wildman–Crippen LogP) is 1.77. The minimum absolute atomic E-state index is 0.0236. The Balaban J connectivity index is 1.72. The van der Waals surface area contributed by atoms with Gasteiger partial charge in [0.25, 0.3) is 5.56 Å². The van der Waals surface area contributed by atoms with Crippen molar-refractivity contribution in [3.05, 3.63) is 16.4 Å². The lowest BCUT2D eigenvalue weighted by Gasteiger charge is -2.41. The second kappa shape index (κ2) is 7.46. The fraction of sp³-hybridized carbons (Fsp3) is 0.789. The highest BCUT2D eigenvalue weighted by Gasteiger charge is 2.48.